The summed E-state index contributed by atoms with van der Waals surface area (Å²) in [5.74, 6) is 0.00293. The van der Waals surface area contributed by atoms with E-state index in [1.54, 1.807) is 13.1 Å². The lowest BCUT2D eigenvalue weighted by Gasteiger charge is -2.13. The number of aromatic nitrogens is 1. The molecule has 0 bridgehead atoms. The summed E-state index contributed by atoms with van der Waals surface area (Å²) in [7, 11) is 0. The normalized spacial score (nSPS) is 12.2. The maximum Gasteiger partial charge on any atom is 0.128 e. The van der Waals surface area contributed by atoms with Crippen LogP contribution in [0.2, 0.25) is 0 Å². The van der Waals surface area contributed by atoms with Crippen LogP contribution >= 0.6 is 0 Å². The van der Waals surface area contributed by atoms with E-state index in [9.17, 15) is 9.50 Å². The molecule has 2 aromatic rings. The molecular weight excluding hydrogens is 245 g/mol. The van der Waals surface area contributed by atoms with Crippen LogP contribution in [-0.4, -0.2) is 16.7 Å². The number of rotatable bonds is 5. The van der Waals surface area contributed by atoms with Crippen LogP contribution in [0.3, 0.4) is 0 Å². The van der Waals surface area contributed by atoms with Crippen molar-refractivity contribution in [2.45, 2.75) is 19.4 Å². The first-order valence-electron chi connectivity index (χ1n) is 6.17. The number of ether oxygens (including phenoxy) is 1. The number of hydrogen-bond acceptors (Lipinski definition) is 3. The van der Waals surface area contributed by atoms with Gasteiger partial charge in [-0.25, -0.2) is 4.39 Å². The number of aliphatic hydroxyl groups is 1. The minimum absolute atomic E-state index is 0.378. The minimum Gasteiger partial charge on any atom is -0.493 e. The third-order valence-electron chi connectivity index (χ3n) is 2.77. The van der Waals surface area contributed by atoms with Crippen LogP contribution < -0.4 is 4.74 Å². The zero-order chi connectivity index (χ0) is 13.7. The third-order valence-corrected chi connectivity index (χ3v) is 2.77. The molecule has 0 aliphatic rings. The van der Waals surface area contributed by atoms with E-state index in [1.165, 1.54) is 18.2 Å². The Morgan fingerprint density at radius 3 is 2.84 bits per heavy atom. The number of pyridine rings is 1. The van der Waals surface area contributed by atoms with Gasteiger partial charge in [0.15, 0.2) is 0 Å². The smallest absolute Gasteiger partial charge is 0.128 e. The topological polar surface area (TPSA) is 42.4 Å². The van der Waals surface area contributed by atoms with E-state index in [2.05, 4.69) is 4.98 Å². The van der Waals surface area contributed by atoms with Gasteiger partial charge in [0.05, 0.1) is 12.7 Å². The molecule has 1 unspecified atom stereocenters. The molecule has 0 saturated heterocycles. The highest BCUT2D eigenvalue weighted by Crippen LogP contribution is 2.26. The van der Waals surface area contributed by atoms with Gasteiger partial charge in [-0.2, -0.15) is 0 Å². The van der Waals surface area contributed by atoms with E-state index in [0.717, 1.165) is 5.69 Å². The second kappa shape index (κ2) is 6.29. The Bertz CT molecular complexity index is 529. The molecule has 1 aromatic heterocycles. The van der Waals surface area contributed by atoms with Crippen molar-refractivity contribution in [1.82, 2.24) is 4.98 Å². The number of aliphatic hydroxyl groups excluding tert-OH is 1. The second-order valence-corrected chi connectivity index (χ2v) is 4.28. The average molecular weight is 261 g/mol. The predicted molar refractivity (Wildman–Crippen MR) is 70.5 cm³/mol. The quantitative estimate of drug-likeness (QED) is 0.899. The molecule has 1 aromatic carbocycles. The fraction of sp³-hybridized carbons (Fsp3) is 0.267. The molecule has 0 saturated carbocycles. The van der Waals surface area contributed by atoms with Crippen LogP contribution in [0.15, 0.2) is 42.6 Å². The summed E-state index contributed by atoms with van der Waals surface area (Å²) in [6.45, 7) is 2.01. The SMILES string of the molecule is CC(O)c1ccc(F)cc1OCCc1ccccn1. The molecule has 1 atom stereocenters. The van der Waals surface area contributed by atoms with Gasteiger partial charge in [0.2, 0.25) is 0 Å². The van der Waals surface area contributed by atoms with Gasteiger partial charge in [0.1, 0.15) is 11.6 Å². The number of halogens is 1. The van der Waals surface area contributed by atoms with Crippen LogP contribution in [0.5, 0.6) is 5.75 Å². The Morgan fingerprint density at radius 2 is 2.16 bits per heavy atom. The summed E-state index contributed by atoms with van der Waals surface area (Å²) in [5, 5.41) is 9.60. The van der Waals surface area contributed by atoms with E-state index in [1.807, 2.05) is 18.2 Å². The summed E-state index contributed by atoms with van der Waals surface area (Å²) in [4.78, 5) is 4.18. The first-order valence-corrected chi connectivity index (χ1v) is 6.17. The van der Waals surface area contributed by atoms with E-state index in [-0.39, 0.29) is 5.82 Å². The molecule has 100 valence electrons. The standard InChI is InChI=1S/C15H16FNO2/c1-11(18)14-6-5-12(16)10-15(14)19-9-7-13-4-2-3-8-17-13/h2-6,8,10-11,18H,7,9H2,1H3. The maximum absolute atomic E-state index is 13.2. The average Bonchev–Trinajstić information content (AvgIpc) is 2.39. The minimum atomic E-state index is -0.689. The fourth-order valence-corrected chi connectivity index (χ4v) is 1.79. The van der Waals surface area contributed by atoms with Crippen LogP contribution in [0.1, 0.15) is 24.3 Å². The molecule has 2 rings (SSSR count). The Morgan fingerprint density at radius 1 is 1.32 bits per heavy atom. The van der Waals surface area contributed by atoms with Crippen molar-refractivity contribution in [2.24, 2.45) is 0 Å². The van der Waals surface area contributed by atoms with E-state index < -0.39 is 6.10 Å². The molecule has 3 nitrogen and oxygen atoms in total. The van der Waals surface area contributed by atoms with Gasteiger partial charge in [-0.3, -0.25) is 4.98 Å². The highest BCUT2D eigenvalue weighted by molar-refractivity contribution is 5.35. The second-order valence-electron chi connectivity index (χ2n) is 4.28. The predicted octanol–water partition coefficient (Wildman–Crippen LogP) is 2.90. The molecule has 1 N–H and O–H groups in total. The molecule has 0 aliphatic carbocycles. The zero-order valence-corrected chi connectivity index (χ0v) is 10.7. The molecule has 1 heterocycles. The molecule has 4 heteroatoms. The van der Waals surface area contributed by atoms with Crippen LogP contribution in [0.25, 0.3) is 0 Å². The first-order chi connectivity index (χ1) is 9.16. The maximum atomic E-state index is 13.2. The number of benzene rings is 1. The van der Waals surface area contributed by atoms with Gasteiger partial charge in [0.25, 0.3) is 0 Å². The van der Waals surface area contributed by atoms with Gasteiger partial charge in [-0.1, -0.05) is 6.07 Å². The van der Waals surface area contributed by atoms with Crippen molar-refractivity contribution in [2.75, 3.05) is 6.61 Å². The van der Waals surface area contributed by atoms with Crippen LogP contribution in [0, 0.1) is 5.82 Å². The Kier molecular flexibility index (Phi) is 4.47. The summed E-state index contributed by atoms with van der Waals surface area (Å²) in [6, 6.07) is 9.81. The van der Waals surface area contributed by atoms with Crippen molar-refractivity contribution >= 4 is 0 Å². The van der Waals surface area contributed by atoms with E-state index >= 15 is 0 Å². The Balaban J connectivity index is 2.01. The molecule has 0 amide bonds. The van der Waals surface area contributed by atoms with Gasteiger partial charge in [-0.05, 0) is 31.2 Å². The van der Waals surface area contributed by atoms with Gasteiger partial charge in [0, 0.05) is 29.9 Å². The zero-order valence-electron chi connectivity index (χ0n) is 10.7. The molecule has 0 radical (unpaired) electrons. The summed E-state index contributed by atoms with van der Waals surface area (Å²) >= 11 is 0. The van der Waals surface area contributed by atoms with Crippen molar-refractivity contribution in [1.29, 1.82) is 0 Å². The summed E-state index contributed by atoms with van der Waals surface area (Å²) in [6.07, 6.45) is 1.67. The summed E-state index contributed by atoms with van der Waals surface area (Å²) < 4.78 is 18.7. The lowest BCUT2D eigenvalue weighted by molar-refractivity contribution is 0.191. The first kappa shape index (κ1) is 13.5. The fourth-order valence-electron chi connectivity index (χ4n) is 1.79. The highest BCUT2D eigenvalue weighted by Gasteiger charge is 2.10. The largest absolute Gasteiger partial charge is 0.493 e. The van der Waals surface area contributed by atoms with Crippen molar-refractivity contribution < 1.29 is 14.2 Å². The van der Waals surface area contributed by atoms with Gasteiger partial charge in [-0.15, -0.1) is 0 Å². The lowest BCUT2D eigenvalue weighted by atomic mass is 10.1. The van der Waals surface area contributed by atoms with Crippen molar-refractivity contribution in [3.63, 3.8) is 0 Å². The molecule has 0 fully saturated rings. The Labute approximate surface area is 111 Å². The summed E-state index contributed by atoms with van der Waals surface area (Å²) in [5.41, 5.74) is 1.50. The third kappa shape index (κ3) is 3.76. The van der Waals surface area contributed by atoms with Crippen LogP contribution in [0.4, 0.5) is 4.39 Å². The molecule has 0 spiro atoms. The molecular formula is C15H16FNO2. The number of nitrogens with zero attached hydrogens (tertiary/aromatic N) is 1. The lowest BCUT2D eigenvalue weighted by Crippen LogP contribution is -2.06. The Hall–Kier alpha value is -1.94. The molecule has 0 aliphatic heterocycles. The van der Waals surface area contributed by atoms with Gasteiger partial charge >= 0.3 is 0 Å². The van der Waals surface area contributed by atoms with Crippen molar-refractivity contribution in [3.05, 3.63) is 59.7 Å². The van der Waals surface area contributed by atoms with Gasteiger partial charge < -0.3 is 9.84 Å². The highest BCUT2D eigenvalue weighted by atomic mass is 19.1. The molecule has 19 heavy (non-hydrogen) atoms. The van der Waals surface area contributed by atoms with Crippen molar-refractivity contribution in [3.8, 4) is 5.75 Å². The van der Waals surface area contributed by atoms with E-state index in [0.29, 0.717) is 24.3 Å². The van der Waals surface area contributed by atoms with Crippen LogP contribution in [-0.2, 0) is 6.42 Å². The number of hydrogen-bond donors (Lipinski definition) is 1. The van der Waals surface area contributed by atoms with E-state index in [4.69, 9.17) is 4.74 Å². The monoisotopic (exact) mass is 261 g/mol.